The van der Waals surface area contributed by atoms with Crippen molar-refractivity contribution in [1.29, 1.82) is 0 Å². The maximum atomic E-state index is 13.0. The molecule has 0 bridgehead atoms. The second-order valence-electron chi connectivity index (χ2n) is 4.71. The summed E-state index contributed by atoms with van der Waals surface area (Å²) in [6, 6.07) is 0. The van der Waals surface area contributed by atoms with E-state index in [1.54, 1.807) is 0 Å². The standard InChI is InChI=1S/C10H9F13/c1-2-5(11,12)6(13,14)3-7(15,16)10(22,23)8(17,18)4-9(19,20)21/h2-4H2,1H3. The van der Waals surface area contributed by atoms with Gasteiger partial charge in [-0.3, -0.25) is 0 Å². The van der Waals surface area contributed by atoms with Crippen LogP contribution in [-0.4, -0.2) is 35.8 Å². The van der Waals surface area contributed by atoms with Gasteiger partial charge in [0.05, 0.1) is 6.42 Å². The predicted octanol–water partition coefficient (Wildman–Crippen LogP) is 5.92. The maximum absolute atomic E-state index is 13.0. The van der Waals surface area contributed by atoms with E-state index in [4.69, 9.17) is 0 Å². The highest BCUT2D eigenvalue weighted by Gasteiger charge is 2.76. The van der Waals surface area contributed by atoms with Gasteiger partial charge in [-0.2, -0.15) is 57.1 Å². The van der Waals surface area contributed by atoms with Crippen LogP contribution in [0.4, 0.5) is 57.1 Å². The Kier molecular flexibility index (Phi) is 5.63. The van der Waals surface area contributed by atoms with Crippen molar-refractivity contribution in [3.05, 3.63) is 0 Å². The van der Waals surface area contributed by atoms with Crippen molar-refractivity contribution >= 4 is 0 Å². The monoisotopic (exact) mass is 376 g/mol. The average molecular weight is 376 g/mol. The van der Waals surface area contributed by atoms with Crippen LogP contribution in [0.1, 0.15) is 26.2 Å². The van der Waals surface area contributed by atoms with E-state index in [9.17, 15) is 57.1 Å². The number of hydrogen-bond donors (Lipinski definition) is 0. The van der Waals surface area contributed by atoms with Crippen molar-refractivity contribution in [2.75, 3.05) is 0 Å². The minimum atomic E-state index is -6.93. The Hall–Kier alpha value is -0.910. The highest BCUT2D eigenvalue weighted by molar-refractivity contribution is 5.01. The number of rotatable bonds is 7. The molecule has 0 aliphatic heterocycles. The van der Waals surface area contributed by atoms with Gasteiger partial charge in [0.25, 0.3) is 0 Å². The van der Waals surface area contributed by atoms with Crippen LogP contribution >= 0.6 is 0 Å². The predicted molar refractivity (Wildman–Crippen MR) is 50.3 cm³/mol. The third kappa shape index (κ3) is 4.55. The molecule has 0 rings (SSSR count). The van der Waals surface area contributed by atoms with E-state index in [1.165, 1.54) is 0 Å². The van der Waals surface area contributed by atoms with Crippen LogP contribution in [0.2, 0.25) is 0 Å². The molecule has 0 fully saturated rings. The van der Waals surface area contributed by atoms with Gasteiger partial charge in [0.15, 0.2) is 0 Å². The van der Waals surface area contributed by atoms with Crippen LogP contribution in [-0.2, 0) is 0 Å². The number of halogens is 13. The molecule has 13 heteroatoms. The molecule has 0 N–H and O–H groups in total. The Labute approximate surface area is 120 Å². The lowest BCUT2D eigenvalue weighted by Crippen LogP contribution is -2.58. The van der Waals surface area contributed by atoms with E-state index in [1.807, 2.05) is 0 Å². The van der Waals surface area contributed by atoms with Crippen LogP contribution in [0.5, 0.6) is 0 Å². The Morgan fingerprint density at radius 3 is 1.13 bits per heavy atom. The molecule has 0 unspecified atom stereocenters. The first kappa shape index (κ1) is 22.1. The molecular weight excluding hydrogens is 367 g/mol. The zero-order valence-corrected chi connectivity index (χ0v) is 11.0. The molecule has 0 amide bonds. The van der Waals surface area contributed by atoms with Gasteiger partial charge in [0, 0.05) is 6.42 Å². The molecule has 0 spiro atoms. The molecule has 0 aromatic heterocycles. The molecule has 0 aromatic carbocycles. The molecule has 0 aliphatic carbocycles. The summed E-state index contributed by atoms with van der Waals surface area (Å²) in [5.74, 6) is -31.0. The van der Waals surface area contributed by atoms with Gasteiger partial charge in [0.1, 0.15) is 6.42 Å². The minimum absolute atomic E-state index is 0.377. The van der Waals surface area contributed by atoms with E-state index in [0.717, 1.165) is 0 Å². The van der Waals surface area contributed by atoms with Crippen LogP contribution in [0.3, 0.4) is 0 Å². The molecule has 0 radical (unpaired) electrons. The lowest BCUT2D eigenvalue weighted by molar-refractivity contribution is -0.350. The van der Waals surface area contributed by atoms with Gasteiger partial charge in [0.2, 0.25) is 0 Å². The summed E-state index contributed by atoms with van der Waals surface area (Å²) >= 11 is 0. The second-order valence-corrected chi connectivity index (χ2v) is 4.71. The molecular formula is C10H9F13. The third-order valence-corrected chi connectivity index (χ3v) is 2.76. The Balaban J connectivity index is 5.64. The molecule has 0 saturated carbocycles. The normalized spacial score (nSPS) is 15.9. The molecule has 23 heavy (non-hydrogen) atoms. The maximum Gasteiger partial charge on any atom is 0.395 e. The molecule has 0 aromatic rings. The lowest BCUT2D eigenvalue weighted by Gasteiger charge is -2.36. The third-order valence-electron chi connectivity index (χ3n) is 2.76. The van der Waals surface area contributed by atoms with Gasteiger partial charge < -0.3 is 0 Å². The first-order valence-corrected chi connectivity index (χ1v) is 5.68. The zero-order valence-electron chi connectivity index (χ0n) is 11.0. The fourth-order valence-corrected chi connectivity index (χ4v) is 1.41. The van der Waals surface area contributed by atoms with Crippen molar-refractivity contribution in [2.24, 2.45) is 0 Å². The molecule has 0 saturated heterocycles. The van der Waals surface area contributed by atoms with Crippen molar-refractivity contribution in [1.82, 2.24) is 0 Å². The number of alkyl halides is 13. The van der Waals surface area contributed by atoms with Crippen molar-refractivity contribution in [2.45, 2.75) is 62.0 Å². The summed E-state index contributed by atoms with van der Waals surface area (Å²) < 4.78 is 164. The topological polar surface area (TPSA) is 0 Å². The molecule has 0 atom stereocenters. The minimum Gasteiger partial charge on any atom is -0.200 e. The fourth-order valence-electron chi connectivity index (χ4n) is 1.41. The van der Waals surface area contributed by atoms with Gasteiger partial charge in [-0.05, 0) is 0 Å². The second kappa shape index (κ2) is 5.87. The highest BCUT2D eigenvalue weighted by Crippen LogP contribution is 2.55. The average Bonchev–Trinajstić information content (AvgIpc) is 2.23. The summed E-state index contributed by atoms with van der Waals surface area (Å²) in [5, 5.41) is 0. The van der Waals surface area contributed by atoms with Gasteiger partial charge in [-0.1, -0.05) is 6.92 Å². The SMILES string of the molecule is CCC(F)(F)C(F)(F)CC(F)(F)C(F)(F)C(F)(F)CC(F)(F)F. The first-order chi connectivity index (χ1) is 9.72. The molecule has 0 nitrogen and oxygen atoms in total. The van der Waals surface area contributed by atoms with Crippen molar-refractivity contribution in [3.63, 3.8) is 0 Å². The molecule has 0 heterocycles. The molecule has 140 valence electrons. The summed E-state index contributed by atoms with van der Waals surface area (Å²) in [5.41, 5.74) is 0. The van der Waals surface area contributed by atoms with E-state index in [2.05, 4.69) is 0 Å². The molecule has 0 aliphatic rings. The summed E-state index contributed by atoms with van der Waals surface area (Å²) in [7, 11) is 0. The number of hydrogen-bond acceptors (Lipinski definition) is 0. The van der Waals surface area contributed by atoms with Crippen LogP contribution in [0.15, 0.2) is 0 Å². The van der Waals surface area contributed by atoms with Crippen LogP contribution in [0.25, 0.3) is 0 Å². The lowest BCUT2D eigenvalue weighted by atomic mass is 9.93. The van der Waals surface area contributed by atoms with Crippen LogP contribution in [0, 0.1) is 0 Å². The van der Waals surface area contributed by atoms with E-state index in [0.29, 0.717) is 6.92 Å². The van der Waals surface area contributed by atoms with Gasteiger partial charge in [-0.15, -0.1) is 0 Å². The van der Waals surface area contributed by atoms with Crippen molar-refractivity contribution < 1.29 is 57.1 Å². The summed E-state index contributed by atoms with van der Waals surface area (Å²) in [6.45, 7) is 0.377. The van der Waals surface area contributed by atoms with Crippen molar-refractivity contribution in [3.8, 4) is 0 Å². The zero-order chi connectivity index (χ0) is 19.1. The first-order valence-electron chi connectivity index (χ1n) is 5.68. The summed E-state index contributed by atoms with van der Waals surface area (Å²) in [6.07, 6.45) is -15.3. The Bertz CT molecular complexity index is 405. The van der Waals surface area contributed by atoms with Gasteiger partial charge in [-0.25, -0.2) is 0 Å². The van der Waals surface area contributed by atoms with Gasteiger partial charge >= 0.3 is 35.8 Å². The quantitative estimate of drug-likeness (QED) is 0.484. The fraction of sp³-hybridized carbons (Fsp3) is 1.00. The largest absolute Gasteiger partial charge is 0.395 e. The summed E-state index contributed by atoms with van der Waals surface area (Å²) in [4.78, 5) is 0. The Morgan fingerprint density at radius 2 is 0.826 bits per heavy atom. The highest BCUT2D eigenvalue weighted by atomic mass is 19.4. The smallest absolute Gasteiger partial charge is 0.200 e. The van der Waals surface area contributed by atoms with E-state index < -0.39 is 55.1 Å². The van der Waals surface area contributed by atoms with E-state index in [-0.39, 0.29) is 0 Å². The Morgan fingerprint density at radius 1 is 0.478 bits per heavy atom. The van der Waals surface area contributed by atoms with Crippen LogP contribution < -0.4 is 0 Å². The van der Waals surface area contributed by atoms with E-state index >= 15 is 0 Å².